The summed E-state index contributed by atoms with van der Waals surface area (Å²) in [5.74, 6) is -2.27. The smallest absolute Gasteiger partial charge is 0.195 e. The van der Waals surface area contributed by atoms with Gasteiger partial charge in [0, 0.05) is 22.2 Å². The Kier molecular flexibility index (Phi) is 24.9. The molecule has 7 fully saturated rings. The summed E-state index contributed by atoms with van der Waals surface area (Å²) in [5, 5.41) is 198. The molecule has 0 radical (unpaired) electrons. The number of aliphatic hydroxyl groups is 18. The van der Waals surface area contributed by atoms with Crippen LogP contribution in [0.2, 0.25) is 0 Å². The molecule has 4 heterocycles. The topological polar surface area (TPSA) is 447 Å². The lowest BCUT2D eigenvalue weighted by Gasteiger charge is -2.62. The molecule has 0 amide bonds. The summed E-state index contributed by atoms with van der Waals surface area (Å²) in [6, 6.07) is 0. The van der Waals surface area contributed by atoms with Gasteiger partial charge < -0.3 is 135 Å². The van der Waals surface area contributed by atoms with Crippen LogP contribution in [0.5, 0.6) is 0 Å². The predicted octanol–water partition coefficient (Wildman–Crippen LogP) is -1.92. The predicted molar refractivity (Wildman–Crippen MR) is 337 cm³/mol. The van der Waals surface area contributed by atoms with Crippen molar-refractivity contribution in [3.8, 4) is 0 Å². The Balaban J connectivity index is 0.912. The van der Waals surface area contributed by atoms with E-state index in [4.69, 9.17) is 42.6 Å². The van der Waals surface area contributed by atoms with E-state index in [9.17, 15) is 91.9 Å². The van der Waals surface area contributed by atoms with Crippen LogP contribution in [-0.2, 0) is 42.6 Å². The molecule has 554 valence electrons. The molecule has 17 unspecified atom stereocenters. The Hall–Kier alpha value is -1.34. The van der Waals surface area contributed by atoms with Crippen LogP contribution < -0.4 is 0 Å². The quantitative estimate of drug-likeness (QED) is 0.0468. The zero-order chi connectivity index (χ0) is 71.0. The van der Waals surface area contributed by atoms with Gasteiger partial charge in [0.2, 0.25) is 0 Å². The second-order valence-electron chi connectivity index (χ2n) is 32.6. The summed E-state index contributed by atoms with van der Waals surface area (Å²) in [7, 11) is 0. The fourth-order valence-electron chi connectivity index (χ4n) is 18.0. The van der Waals surface area contributed by atoms with Crippen LogP contribution in [0.15, 0.2) is 11.6 Å². The molecular weight excluding hydrogens is 1250 g/mol. The van der Waals surface area contributed by atoms with E-state index < -0.39 is 205 Å². The van der Waals surface area contributed by atoms with Gasteiger partial charge in [-0.1, -0.05) is 60.1 Å². The van der Waals surface area contributed by atoms with E-state index in [1.165, 1.54) is 40.2 Å². The number of hydrogen-bond acceptors (Lipinski definition) is 27. The SMILES string of the molecule is CC(CCC(OC[C@@]1(C)OC(COC[C@@]2(C)OC(C)[C@H](O)C(O)[C@H]2O)[C@H](O)C(O)[C@H]1O[C@@]1(C)OC(CO)[C@H](O)C(O)[C@H]1O)C(C)(C)O)[C@H](C)C1CC(O)[C@]2(C)C3CCC(OC[C@]4(C)CC(COC[C@]5(C)OC(CO)[C@@H](O)[C@@H](O)C5O)[C@@H](O)[C@@H](O)C4O)C(C)(C)C3=CCC2[C@H]1C. The fourth-order valence-corrected chi connectivity index (χ4v) is 18.0. The van der Waals surface area contributed by atoms with Crippen molar-refractivity contribution in [2.24, 2.45) is 57.7 Å². The molecule has 8 aliphatic rings. The Labute approximate surface area is 559 Å². The number of hydrogen-bond donors (Lipinski definition) is 18. The van der Waals surface area contributed by atoms with E-state index in [0.29, 0.717) is 25.7 Å². The van der Waals surface area contributed by atoms with Gasteiger partial charge in [-0.3, -0.25) is 0 Å². The molecular formula is C68H120O27. The van der Waals surface area contributed by atoms with Crippen molar-refractivity contribution in [1.29, 1.82) is 0 Å². The van der Waals surface area contributed by atoms with Crippen molar-refractivity contribution in [2.75, 3.05) is 52.9 Å². The van der Waals surface area contributed by atoms with Crippen molar-refractivity contribution in [2.45, 2.75) is 304 Å². The summed E-state index contributed by atoms with van der Waals surface area (Å²) in [4.78, 5) is 0. The van der Waals surface area contributed by atoms with Crippen LogP contribution in [0.25, 0.3) is 0 Å². The normalized spacial score (nSPS) is 50.6. The molecule has 95 heavy (non-hydrogen) atoms. The highest BCUT2D eigenvalue weighted by atomic mass is 16.7. The third kappa shape index (κ3) is 15.2. The average molecular weight is 1370 g/mol. The van der Waals surface area contributed by atoms with Crippen LogP contribution in [0.1, 0.15) is 142 Å². The molecule has 4 aliphatic heterocycles. The van der Waals surface area contributed by atoms with Crippen LogP contribution in [0.3, 0.4) is 0 Å². The highest BCUT2D eigenvalue weighted by molar-refractivity contribution is 5.29. The molecule has 0 aromatic heterocycles. The van der Waals surface area contributed by atoms with Crippen LogP contribution in [0.4, 0.5) is 0 Å². The van der Waals surface area contributed by atoms with Crippen molar-refractivity contribution in [3.05, 3.63) is 11.6 Å². The Bertz CT molecular complexity index is 2520. The Morgan fingerprint density at radius 1 is 0.579 bits per heavy atom. The molecule has 27 heteroatoms. The number of ether oxygens (including phenoxy) is 9. The van der Waals surface area contributed by atoms with E-state index in [1.54, 1.807) is 20.8 Å². The average Bonchev–Trinajstić information content (AvgIpc) is 0.715. The zero-order valence-electron chi connectivity index (χ0n) is 58.2. The van der Waals surface area contributed by atoms with Gasteiger partial charge in [0.05, 0.1) is 95.1 Å². The van der Waals surface area contributed by atoms with E-state index in [1.807, 2.05) is 0 Å². The number of aliphatic hydroxyl groups excluding tert-OH is 17. The van der Waals surface area contributed by atoms with Crippen molar-refractivity contribution >= 4 is 0 Å². The third-order valence-electron chi connectivity index (χ3n) is 24.8. The maximum atomic E-state index is 12.6. The van der Waals surface area contributed by atoms with Gasteiger partial charge in [-0.05, 0) is 129 Å². The first-order valence-corrected chi connectivity index (χ1v) is 34.6. The van der Waals surface area contributed by atoms with E-state index in [2.05, 4.69) is 47.6 Å². The molecule has 0 bridgehead atoms. The van der Waals surface area contributed by atoms with E-state index in [-0.39, 0.29) is 74.5 Å². The lowest BCUT2D eigenvalue weighted by atomic mass is 9.44. The monoisotopic (exact) mass is 1370 g/mol. The minimum Gasteiger partial charge on any atom is -0.394 e. The van der Waals surface area contributed by atoms with Crippen LogP contribution in [0, 0.1) is 57.7 Å². The highest BCUT2D eigenvalue weighted by Gasteiger charge is 2.63. The van der Waals surface area contributed by atoms with Gasteiger partial charge in [-0.2, -0.15) is 0 Å². The van der Waals surface area contributed by atoms with Gasteiger partial charge in [-0.15, -0.1) is 0 Å². The fraction of sp³-hybridized carbons (Fsp3) is 0.971. The number of fused-ring (bicyclic) bond motifs is 3. The lowest BCUT2D eigenvalue weighted by molar-refractivity contribution is -0.402. The third-order valence-corrected chi connectivity index (χ3v) is 24.8. The van der Waals surface area contributed by atoms with Gasteiger partial charge in [-0.25, -0.2) is 0 Å². The highest BCUT2D eigenvalue weighted by Crippen LogP contribution is 2.64. The van der Waals surface area contributed by atoms with Gasteiger partial charge >= 0.3 is 0 Å². The number of allylic oxidation sites excluding steroid dienone is 1. The Morgan fingerprint density at radius 3 is 1.72 bits per heavy atom. The molecule has 4 aliphatic carbocycles. The van der Waals surface area contributed by atoms with Crippen molar-refractivity contribution in [1.82, 2.24) is 0 Å². The van der Waals surface area contributed by atoms with E-state index >= 15 is 0 Å². The first kappa shape index (κ1) is 79.4. The standard InChI is InChI=1S/C68H120O27/c1-31(15-19-45(62(7,8)86)90-30-66(12)60(95-68(14)59(85)54(80)49(75)41(24-70)94-68)55(81)50(76)42(93-66)26-88-28-64(10)57(83)51(77)46(72)34(4)91-64)32(2)36-21-43(71)67(13)37(33(36)3)16-17-38-39(67)18-20-44(61(38,5)6)89-27-63(9)22-35(47(73)52(78)56(63)82)25-87-29-65(11)58(84)53(79)48(74)40(23-69)92-65/h17,31-37,39-60,69-86H,15-16,18-30H2,1-14H3/t31?,32-,33-,34?,35?,36?,37?,39?,40?,41?,42?,43?,44?,45?,46-,47+,48+,49-,50-,51?,52+,53+,54?,55?,56?,57+,58?,59+,60+,63-,64+,65-,66+,67-,68+/m0/s1. The second-order valence-corrected chi connectivity index (χ2v) is 32.6. The molecule has 0 aromatic carbocycles. The molecule has 18 N–H and O–H groups in total. The molecule has 0 aromatic rings. The summed E-state index contributed by atoms with van der Waals surface area (Å²) in [5.41, 5.74) is -7.06. The van der Waals surface area contributed by atoms with Gasteiger partial charge in [0.1, 0.15) is 114 Å². The molecule has 8 rings (SSSR count). The zero-order valence-corrected chi connectivity index (χ0v) is 58.2. The summed E-state index contributed by atoms with van der Waals surface area (Å²) in [6.45, 7) is 22.5. The van der Waals surface area contributed by atoms with Crippen LogP contribution in [-0.4, -0.2) is 307 Å². The number of rotatable bonds is 24. The van der Waals surface area contributed by atoms with Gasteiger partial charge in [0.25, 0.3) is 0 Å². The van der Waals surface area contributed by atoms with Crippen LogP contribution >= 0.6 is 0 Å². The maximum Gasteiger partial charge on any atom is 0.195 e. The first-order valence-electron chi connectivity index (χ1n) is 34.6. The maximum absolute atomic E-state index is 12.6. The lowest BCUT2D eigenvalue weighted by Crippen LogP contribution is -2.72. The minimum atomic E-state index is -2.22. The minimum absolute atomic E-state index is 0.0439. The summed E-state index contributed by atoms with van der Waals surface area (Å²) in [6.07, 6.45) is -24.7. The molecule has 3 saturated carbocycles. The molecule has 27 nitrogen and oxygen atoms in total. The second kappa shape index (κ2) is 29.8. The molecule has 0 spiro atoms. The van der Waals surface area contributed by atoms with Crippen molar-refractivity contribution < 1.29 is 135 Å². The summed E-state index contributed by atoms with van der Waals surface area (Å²) < 4.78 is 55.8. The van der Waals surface area contributed by atoms with Gasteiger partial charge in [0.15, 0.2) is 5.79 Å². The molecule has 35 atom stereocenters. The Morgan fingerprint density at radius 2 is 1.12 bits per heavy atom. The molecule has 4 saturated heterocycles. The first-order chi connectivity index (χ1) is 43.9. The van der Waals surface area contributed by atoms with Crippen molar-refractivity contribution in [3.63, 3.8) is 0 Å². The largest absolute Gasteiger partial charge is 0.394 e. The summed E-state index contributed by atoms with van der Waals surface area (Å²) >= 11 is 0. The van der Waals surface area contributed by atoms with E-state index in [0.717, 1.165) is 12.8 Å².